The van der Waals surface area contributed by atoms with Crippen LogP contribution in [-0.4, -0.2) is 24.6 Å². The lowest BCUT2D eigenvalue weighted by Crippen LogP contribution is -2.41. The molecule has 1 heterocycles. The topological polar surface area (TPSA) is 50.9 Å². The number of pyridine rings is 1. The van der Waals surface area contributed by atoms with Gasteiger partial charge < -0.3 is 11.1 Å². The monoisotopic (exact) mass is 235 g/mol. The van der Waals surface area contributed by atoms with Crippen LogP contribution in [0.5, 0.6) is 0 Å². The molecule has 1 aromatic heterocycles. The number of nitrogens with two attached hydrogens (primary N) is 1. The predicted molar refractivity (Wildman–Crippen MR) is 73.0 cm³/mol. The smallest absolute Gasteiger partial charge is 0.0472 e. The Bertz CT molecular complexity index is 331. The first-order valence-electron chi connectivity index (χ1n) is 6.20. The van der Waals surface area contributed by atoms with E-state index in [9.17, 15) is 0 Å². The van der Waals surface area contributed by atoms with Crippen molar-refractivity contribution in [2.75, 3.05) is 19.6 Å². The van der Waals surface area contributed by atoms with Crippen LogP contribution in [0, 0.1) is 5.41 Å². The summed E-state index contributed by atoms with van der Waals surface area (Å²) >= 11 is 0. The van der Waals surface area contributed by atoms with Crippen molar-refractivity contribution in [1.29, 1.82) is 0 Å². The molecule has 3 heteroatoms. The number of hydrogen-bond donors (Lipinski definition) is 2. The fourth-order valence-electron chi connectivity index (χ4n) is 1.64. The molecule has 0 unspecified atom stereocenters. The van der Waals surface area contributed by atoms with Crippen LogP contribution in [0.15, 0.2) is 24.4 Å². The van der Waals surface area contributed by atoms with Crippen LogP contribution < -0.4 is 11.1 Å². The molecule has 3 N–H and O–H groups in total. The molecule has 0 aliphatic heterocycles. The molecule has 1 rings (SSSR count). The van der Waals surface area contributed by atoms with E-state index in [1.54, 1.807) is 0 Å². The van der Waals surface area contributed by atoms with Gasteiger partial charge in [0.1, 0.15) is 0 Å². The van der Waals surface area contributed by atoms with Gasteiger partial charge in [-0.15, -0.1) is 0 Å². The third-order valence-electron chi connectivity index (χ3n) is 3.08. The van der Waals surface area contributed by atoms with Gasteiger partial charge in [0.15, 0.2) is 0 Å². The molecule has 0 saturated carbocycles. The maximum atomic E-state index is 5.71. The van der Waals surface area contributed by atoms with Crippen molar-refractivity contribution in [3.8, 4) is 0 Å². The lowest BCUT2D eigenvalue weighted by molar-refractivity contribution is 0.331. The van der Waals surface area contributed by atoms with E-state index in [-0.39, 0.29) is 10.8 Å². The summed E-state index contributed by atoms with van der Waals surface area (Å²) in [6, 6.07) is 6.06. The van der Waals surface area contributed by atoms with Crippen LogP contribution in [0.3, 0.4) is 0 Å². The summed E-state index contributed by atoms with van der Waals surface area (Å²) in [5.41, 5.74) is 7.04. The average molecular weight is 235 g/mol. The Morgan fingerprint density at radius 2 is 1.88 bits per heavy atom. The predicted octanol–water partition coefficient (Wildman–Crippen LogP) is 1.93. The Hall–Kier alpha value is -0.930. The molecule has 0 spiro atoms. The van der Waals surface area contributed by atoms with E-state index < -0.39 is 0 Å². The number of rotatable bonds is 6. The van der Waals surface area contributed by atoms with E-state index in [1.165, 1.54) is 0 Å². The summed E-state index contributed by atoms with van der Waals surface area (Å²) in [6.45, 7) is 11.3. The van der Waals surface area contributed by atoms with Crippen molar-refractivity contribution in [2.45, 2.75) is 33.1 Å². The van der Waals surface area contributed by atoms with Gasteiger partial charge in [0.05, 0.1) is 0 Å². The fraction of sp³-hybridized carbons (Fsp3) is 0.643. The minimum Gasteiger partial charge on any atom is -0.330 e. The number of hydrogen-bond acceptors (Lipinski definition) is 3. The molecule has 3 nitrogen and oxygen atoms in total. The zero-order valence-electron chi connectivity index (χ0n) is 11.5. The quantitative estimate of drug-likeness (QED) is 0.792. The van der Waals surface area contributed by atoms with Gasteiger partial charge in [0.2, 0.25) is 0 Å². The van der Waals surface area contributed by atoms with Gasteiger partial charge in [-0.3, -0.25) is 4.98 Å². The molecule has 0 saturated heterocycles. The molecular formula is C14H25N3. The normalized spacial score (nSPS) is 12.8. The highest BCUT2D eigenvalue weighted by Gasteiger charge is 2.23. The van der Waals surface area contributed by atoms with Gasteiger partial charge in [-0.05, 0) is 24.1 Å². The molecule has 1 aromatic rings. The van der Waals surface area contributed by atoms with Crippen LogP contribution >= 0.6 is 0 Å². The Labute approximate surface area is 105 Å². The maximum absolute atomic E-state index is 5.71. The Morgan fingerprint density at radius 3 is 2.41 bits per heavy atom. The lowest BCUT2D eigenvalue weighted by atomic mass is 9.87. The van der Waals surface area contributed by atoms with Crippen molar-refractivity contribution in [3.63, 3.8) is 0 Å². The summed E-state index contributed by atoms with van der Waals surface area (Å²) in [7, 11) is 0. The summed E-state index contributed by atoms with van der Waals surface area (Å²) in [6.07, 6.45) is 1.85. The number of nitrogens with zero attached hydrogens (tertiary/aromatic N) is 1. The third-order valence-corrected chi connectivity index (χ3v) is 3.08. The van der Waals surface area contributed by atoms with Crippen molar-refractivity contribution in [3.05, 3.63) is 30.1 Å². The largest absolute Gasteiger partial charge is 0.330 e. The van der Waals surface area contributed by atoms with Crippen molar-refractivity contribution in [2.24, 2.45) is 11.1 Å². The summed E-state index contributed by atoms with van der Waals surface area (Å²) < 4.78 is 0. The zero-order chi connectivity index (χ0) is 12.9. The van der Waals surface area contributed by atoms with E-state index >= 15 is 0 Å². The second-order valence-corrected chi connectivity index (χ2v) is 6.07. The van der Waals surface area contributed by atoms with Crippen LogP contribution in [-0.2, 0) is 5.41 Å². The maximum Gasteiger partial charge on any atom is 0.0472 e. The minimum atomic E-state index is 0.0476. The Morgan fingerprint density at radius 1 is 1.18 bits per heavy atom. The molecule has 96 valence electrons. The first-order valence-corrected chi connectivity index (χ1v) is 6.20. The van der Waals surface area contributed by atoms with Crippen molar-refractivity contribution < 1.29 is 0 Å². The van der Waals surface area contributed by atoms with Crippen molar-refractivity contribution in [1.82, 2.24) is 10.3 Å². The Balaban J connectivity index is 2.51. The Kier molecular flexibility index (Phi) is 4.66. The summed E-state index contributed by atoms with van der Waals surface area (Å²) in [4.78, 5) is 4.42. The summed E-state index contributed by atoms with van der Waals surface area (Å²) in [5.74, 6) is 0. The average Bonchev–Trinajstić information content (AvgIpc) is 2.30. The highest BCUT2D eigenvalue weighted by atomic mass is 14.9. The lowest BCUT2D eigenvalue weighted by Gasteiger charge is -2.28. The first kappa shape index (κ1) is 14.1. The molecule has 0 radical (unpaired) electrons. The number of aromatic nitrogens is 1. The van der Waals surface area contributed by atoms with Crippen molar-refractivity contribution >= 4 is 0 Å². The molecule has 0 amide bonds. The van der Waals surface area contributed by atoms with E-state index in [0.29, 0.717) is 6.54 Å². The number of nitrogens with one attached hydrogen (secondary N) is 1. The molecule has 0 aliphatic rings. The molecule has 0 fully saturated rings. The molecule has 0 atom stereocenters. The zero-order valence-corrected chi connectivity index (χ0v) is 11.5. The minimum absolute atomic E-state index is 0.0476. The van der Waals surface area contributed by atoms with Crippen LogP contribution in [0.2, 0.25) is 0 Å². The van der Waals surface area contributed by atoms with E-state index in [2.05, 4.69) is 44.1 Å². The van der Waals surface area contributed by atoms with Gasteiger partial charge >= 0.3 is 0 Å². The van der Waals surface area contributed by atoms with Gasteiger partial charge in [0.25, 0.3) is 0 Å². The molecule has 0 bridgehead atoms. The van der Waals surface area contributed by atoms with Gasteiger partial charge in [-0.2, -0.15) is 0 Å². The fourth-order valence-corrected chi connectivity index (χ4v) is 1.64. The van der Waals surface area contributed by atoms with E-state index in [1.807, 2.05) is 18.3 Å². The highest BCUT2D eigenvalue weighted by Crippen LogP contribution is 2.20. The second kappa shape index (κ2) is 5.61. The van der Waals surface area contributed by atoms with Gasteiger partial charge in [-0.1, -0.05) is 33.8 Å². The van der Waals surface area contributed by atoms with E-state index in [0.717, 1.165) is 18.8 Å². The van der Waals surface area contributed by atoms with E-state index in [4.69, 9.17) is 5.73 Å². The molecular weight excluding hydrogens is 210 g/mol. The highest BCUT2D eigenvalue weighted by molar-refractivity contribution is 5.14. The van der Waals surface area contributed by atoms with Crippen LogP contribution in [0.4, 0.5) is 0 Å². The first-order chi connectivity index (χ1) is 7.87. The van der Waals surface area contributed by atoms with Gasteiger partial charge in [-0.25, -0.2) is 0 Å². The standard InChI is InChI=1S/C14H25N3/c1-13(2,9-15)10-16-11-14(3,4)12-7-5-6-8-17-12/h5-8,16H,9-11,15H2,1-4H3. The SMILES string of the molecule is CC(C)(CN)CNCC(C)(C)c1ccccn1. The second-order valence-electron chi connectivity index (χ2n) is 6.07. The van der Waals surface area contributed by atoms with Gasteiger partial charge in [0, 0.05) is 30.4 Å². The molecule has 0 aliphatic carbocycles. The molecule has 17 heavy (non-hydrogen) atoms. The van der Waals surface area contributed by atoms with Crippen LogP contribution in [0.25, 0.3) is 0 Å². The summed E-state index contributed by atoms with van der Waals surface area (Å²) in [5, 5.41) is 3.50. The van der Waals surface area contributed by atoms with Crippen LogP contribution in [0.1, 0.15) is 33.4 Å². The third kappa shape index (κ3) is 4.44. The molecule has 0 aromatic carbocycles.